The van der Waals surface area contributed by atoms with Gasteiger partial charge in [-0.2, -0.15) is 0 Å². The first-order valence-corrected chi connectivity index (χ1v) is 8.12. The van der Waals surface area contributed by atoms with Gasteiger partial charge in [-0.25, -0.2) is 8.78 Å². The number of hydrogen-bond acceptors (Lipinski definition) is 2. The minimum atomic E-state index is -0.696. The number of carbonyl (C=O) groups excluding carboxylic acids is 1. The van der Waals surface area contributed by atoms with Gasteiger partial charge in [0, 0.05) is 30.7 Å². The molecule has 126 valence electrons. The van der Waals surface area contributed by atoms with Gasteiger partial charge in [0.15, 0.2) is 0 Å². The maximum absolute atomic E-state index is 13.8. The lowest BCUT2D eigenvalue weighted by molar-refractivity contribution is -0.133. The summed E-state index contributed by atoms with van der Waals surface area (Å²) in [7, 11) is 0. The standard InChI is InChI=1S/C18H17ClF2N2O/c19-14-3-1-2-13(8-14)17-11-22-6-7-23(17)18(24)9-12-4-5-15(20)10-16(12)21/h1-5,8,10,17,22H,6-7,9,11H2. The van der Waals surface area contributed by atoms with E-state index in [1.165, 1.54) is 6.07 Å². The van der Waals surface area contributed by atoms with E-state index in [4.69, 9.17) is 11.6 Å². The summed E-state index contributed by atoms with van der Waals surface area (Å²) in [6.07, 6.45) is -0.0941. The number of nitrogens with one attached hydrogen (secondary N) is 1. The van der Waals surface area contributed by atoms with Crippen LogP contribution < -0.4 is 5.32 Å². The Kier molecular flexibility index (Phi) is 5.11. The van der Waals surface area contributed by atoms with Crippen LogP contribution in [0, 0.1) is 11.6 Å². The second kappa shape index (κ2) is 7.28. The maximum atomic E-state index is 13.8. The molecular formula is C18H17ClF2N2O. The second-order valence-corrected chi connectivity index (χ2v) is 6.21. The number of halogens is 3. The fourth-order valence-electron chi connectivity index (χ4n) is 2.94. The Labute approximate surface area is 144 Å². The van der Waals surface area contributed by atoms with Gasteiger partial charge in [-0.05, 0) is 29.3 Å². The van der Waals surface area contributed by atoms with Crippen LogP contribution in [0.25, 0.3) is 0 Å². The zero-order chi connectivity index (χ0) is 17.1. The molecule has 0 aromatic heterocycles. The number of benzene rings is 2. The van der Waals surface area contributed by atoms with E-state index in [1.54, 1.807) is 11.0 Å². The van der Waals surface area contributed by atoms with E-state index >= 15 is 0 Å². The molecule has 1 N–H and O–H groups in total. The van der Waals surface area contributed by atoms with Crippen molar-refractivity contribution in [2.75, 3.05) is 19.6 Å². The summed E-state index contributed by atoms with van der Waals surface area (Å²) in [6.45, 7) is 1.81. The van der Waals surface area contributed by atoms with E-state index < -0.39 is 11.6 Å². The molecule has 1 saturated heterocycles. The number of nitrogens with zero attached hydrogens (tertiary/aromatic N) is 1. The number of carbonyl (C=O) groups is 1. The number of amides is 1. The van der Waals surface area contributed by atoms with Crippen LogP contribution in [0.1, 0.15) is 17.2 Å². The van der Waals surface area contributed by atoms with Crippen molar-refractivity contribution in [1.29, 1.82) is 0 Å². The average Bonchev–Trinajstić information content (AvgIpc) is 2.57. The van der Waals surface area contributed by atoms with Crippen LogP contribution in [-0.2, 0) is 11.2 Å². The molecule has 2 aromatic carbocycles. The topological polar surface area (TPSA) is 32.3 Å². The van der Waals surface area contributed by atoms with Gasteiger partial charge in [0.1, 0.15) is 11.6 Å². The van der Waals surface area contributed by atoms with Crippen molar-refractivity contribution >= 4 is 17.5 Å². The molecule has 0 aliphatic carbocycles. The fraction of sp³-hybridized carbons (Fsp3) is 0.278. The Morgan fingerprint density at radius 2 is 2.08 bits per heavy atom. The highest BCUT2D eigenvalue weighted by atomic mass is 35.5. The largest absolute Gasteiger partial charge is 0.333 e. The normalized spacial score (nSPS) is 17.8. The molecule has 2 aromatic rings. The van der Waals surface area contributed by atoms with E-state index in [0.717, 1.165) is 17.7 Å². The van der Waals surface area contributed by atoms with Crippen LogP contribution in [-0.4, -0.2) is 30.4 Å². The molecule has 1 aliphatic rings. The molecule has 0 saturated carbocycles. The van der Waals surface area contributed by atoms with Crippen LogP contribution in [0.5, 0.6) is 0 Å². The van der Waals surface area contributed by atoms with E-state index in [2.05, 4.69) is 5.32 Å². The summed E-state index contributed by atoms with van der Waals surface area (Å²) < 4.78 is 26.8. The van der Waals surface area contributed by atoms with Gasteiger partial charge in [0.05, 0.1) is 12.5 Å². The maximum Gasteiger partial charge on any atom is 0.227 e. The molecule has 1 amide bonds. The van der Waals surface area contributed by atoms with Gasteiger partial charge < -0.3 is 10.2 Å². The lowest BCUT2D eigenvalue weighted by atomic mass is 10.0. The minimum absolute atomic E-state index is 0.0941. The minimum Gasteiger partial charge on any atom is -0.333 e. The van der Waals surface area contributed by atoms with Gasteiger partial charge in [0.25, 0.3) is 0 Å². The molecule has 3 nitrogen and oxygen atoms in total. The summed E-state index contributed by atoms with van der Waals surface area (Å²) in [5, 5.41) is 3.87. The zero-order valence-electron chi connectivity index (χ0n) is 12.9. The predicted octanol–water partition coefficient (Wildman–Crippen LogP) is 3.33. The number of piperazine rings is 1. The molecule has 0 spiro atoms. The zero-order valence-corrected chi connectivity index (χ0v) is 13.7. The molecular weight excluding hydrogens is 334 g/mol. The van der Waals surface area contributed by atoms with Gasteiger partial charge in [-0.3, -0.25) is 4.79 Å². The Morgan fingerprint density at radius 3 is 2.83 bits per heavy atom. The third-order valence-corrected chi connectivity index (χ3v) is 4.39. The molecule has 3 rings (SSSR count). The lowest BCUT2D eigenvalue weighted by Crippen LogP contribution is -2.49. The van der Waals surface area contributed by atoms with E-state index in [0.29, 0.717) is 24.7 Å². The van der Waals surface area contributed by atoms with Gasteiger partial charge in [0.2, 0.25) is 5.91 Å². The first kappa shape index (κ1) is 16.9. The fourth-order valence-corrected chi connectivity index (χ4v) is 3.14. The molecule has 1 fully saturated rings. The first-order valence-electron chi connectivity index (χ1n) is 7.74. The molecule has 1 unspecified atom stereocenters. The van der Waals surface area contributed by atoms with E-state index in [1.807, 2.05) is 18.2 Å². The SMILES string of the molecule is O=C(Cc1ccc(F)cc1F)N1CCNCC1c1cccc(Cl)c1. The molecule has 1 atom stereocenters. The summed E-state index contributed by atoms with van der Waals surface area (Å²) in [6, 6.07) is 10.5. The van der Waals surface area contributed by atoms with Crippen LogP contribution >= 0.6 is 11.6 Å². The molecule has 6 heteroatoms. The third kappa shape index (κ3) is 3.74. The Morgan fingerprint density at radius 1 is 1.25 bits per heavy atom. The van der Waals surface area contributed by atoms with Crippen molar-refractivity contribution in [2.24, 2.45) is 0 Å². The summed E-state index contributed by atoms with van der Waals surface area (Å²) >= 11 is 6.05. The Balaban J connectivity index is 1.81. The van der Waals surface area contributed by atoms with Gasteiger partial charge >= 0.3 is 0 Å². The third-order valence-electron chi connectivity index (χ3n) is 4.15. The Hall–Kier alpha value is -1.98. The van der Waals surface area contributed by atoms with Crippen LogP contribution in [0.2, 0.25) is 5.02 Å². The highest BCUT2D eigenvalue weighted by Gasteiger charge is 2.28. The second-order valence-electron chi connectivity index (χ2n) is 5.77. The van der Waals surface area contributed by atoms with E-state index in [-0.39, 0.29) is 23.9 Å². The number of hydrogen-bond donors (Lipinski definition) is 1. The smallest absolute Gasteiger partial charge is 0.227 e. The van der Waals surface area contributed by atoms with Crippen LogP contribution in [0.4, 0.5) is 8.78 Å². The van der Waals surface area contributed by atoms with Crippen molar-refractivity contribution in [3.05, 3.63) is 70.2 Å². The molecule has 24 heavy (non-hydrogen) atoms. The van der Waals surface area contributed by atoms with Crippen molar-refractivity contribution in [3.8, 4) is 0 Å². The van der Waals surface area contributed by atoms with Crippen LogP contribution in [0.3, 0.4) is 0 Å². The number of rotatable bonds is 3. The summed E-state index contributed by atoms with van der Waals surface area (Å²) in [5.41, 5.74) is 1.13. The van der Waals surface area contributed by atoms with Gasteiger partial charge in [-0.15, -0.1) is 0 Å². The highest BCUT2D eigenvalue weighted by molar-refractivity contribution is 6.30. The van der Waals surface area contributed by atoms with Crippen molar-refractivity contribution in [3.63, 3.8) is 0 Å². The highest BCUT2D eigenvalue weighted by Crippen LogP contribution is 2.25. The van der Waals surface area contributed by atoms with Crippen molar-refractivity contribution in [1.82, 2.24) is 10.2 Å². The monoisotopic (exact) mass is 350 g/mol. The summed E-state index contributed by atoms with van der Waals surface area (Å²) in [4.78, 5) is 14.4. The average molecular weight is 351 g/mol. The van der Waals surface area contributed by atoms with Crippen LogP contribution in [0.15, 0.2) is 42.5 Å². The van der Waals surface area contributed by atoms with E-state index in [9.17, 15) is 13.6 Å². The lowest BCUT2D eigenvalue weighted by Gasteiger charge is -2.36. The molecule has 0 bridgehead atoms. The first-order chi connectivity index (χ1) is 11.5. The van der Waals surface area contributed by atoms with Crippen molar-refractivity contribution < 1.29 is 13.6 Å². The summed E-state index contributed by atoms with van der Waals surface area (Å²) in [5.74, 6) is -1.53. The molecule has 1 heterocycles. The Bertz CT molecular complexity index is 754. The molecule has 0 radical (unpaired) electrons. The quantitative estimate of drug-likeness (QED) is 0.921. The molecule has 1 aliphatic heterocycles. The predicted molar refractivity (Wildman–Crippen MR) is 88.8 cm³/mol. The van der Waals surface area contributed by atoms with Crippen molar-refractivity contribution in [2.45, 2.75) is 12.5 Å². The van der Waals surface area contributed by atoms with Gasteiger partial charge in [-0.1, -0.05) is 29.8 Å².